The molecule has 1 amide bonds. The molecule has 4 nitrogen and oxygen atoms in total. The van der Waals surface area contributed by atoms with E-state index in [0.717, 1.165) is 5.69 Å². The zero-order valence-electron chi connectivity index (χ0n) is 10.4. The van der Waals surface area contributed by atoms with E-state index in [2.05, 4.69) is 26.3 Å². The summed E-state index contributed by atoms with van der Waals surface area (Å²) in [5.41, 5.74) is 1.54. The van der Waals surface area contributed by atoms with E-state index in [1.165, 1.54) is 0 Å². The molecule has 1 N–H and O–H groups in total. The standard InChI is InChI=1S/C13H13BrClN3O/c1-18-7-5-10(17-18)4-6-16-13(19)9-2-3-12(15)11(14)8-9/h2-3,5,7-8H,4,6H2,1H3,(H,16,19). The highest BCUT2D eigenvalue weighted by molar-refractivity contribution is 9.10. The van der Waals surface area contributed by atoms with Crippen LogP contribution < -0.4 is 5.32 Å². The van der Waals surface area contributed by atoms with E-state index in [4.69, 9.17) is 11.6 Å². The first-order valence-electron chi connectivity index (χ1n) is 5.78. The van der Waals surface area contributed by atoms with Crippen molar-refractivity contribution in [3.63, 3.8) is 0 Å². The van der Waals surface area contributed by atoms with Crippen molar-refractivity contribution in [2.24, 2.45) is 7.05 Å². The Kier molecular flexibility index (Phi) is 4.61. The molecule has 0 atom stereocenters. The lowest BCUT2D eigenvalue weighted by Crippen LogP contribution is -2.25. The monoisotopic (exact) mass is 341 g/mol. The molecule has 0 radical (unpaired) electrons. The van der Waals surface area contributed by atoms with Crippen LogP contribution in [0.25, 0.3) is 0 Å². The molecule has 0 fully saturated rings. The summed E-state index contributed by atoms with van der Waals surface area (Å²) in [5, 5.41) is 7.69. The number of halogens is 2. The van der Waals surface area contributed by atoms with Crippen molar-refractivity contribution in [2.75, 3.05) is 6.54 Å². The summed E-state index contributed by atoms with van der Waals surface area (Å²) in [7, 11) is 1.87. The van der Waals surface area contributed by atoms with Gasteiger partial charge in [-0.25, -0.2) is 0 Å². The molecule has 6 heteroatoms. The van der Waals surface area contributed by atoms with E-state index < -0.39 is 0 Å². The average molecular weight is 343 g/mol. The molecule has 1 aromatic carbocycles. The molecule has 19 heavy (non-hydrogen) atoms. The Balaban J connectivity index is 1.89. The zero-order valence-corrected chi connectivity index (χ0v) is 12.7. The fraction of sp³-hybridized carbons (Fsp3) is 0.231. The third-order valence-electron chi connectivity index (χ3n) is 2.62. The van der Waals surface area contributed by atoms with Crippen molar-refractivity contribution < 1.29 is 4.79 Å². The van der Waals surface area contributed by atoms with Gasteiger partial charge in [-0.1, -0.05) is 11.6 Å². The predicted molar refractivity (Wildman–Crippen MR) is 78.4 cm³/mol. The summed E-state index contributed by atoms with van der Waals surface area (Å²) < 4.78 is 2.46. The van der Waals surface area contributed by atoms with Gasteiger partial charge in [-0.05, 0) is 40.2 Å². The number of hydrogen-bond acceptors (Lipinski definition) is 2. The number of benzene rings is 1. The number of rotatable bonds is 4. The molecule has 0 aliphatic rings. The van der Waals surface area contributed by atoms with Crippen molar-refractivity contribution >= 4 is 33.4 Å². The van der Waals surface area contributed by atoms with Gasteiger partial charge in [0, 0.05) is 36.2 Å². The molecule has 0 spiro atoms. The van der Waals surface area contributed by atoms with Crippen LogP contribution in [0.3, 0.4) is 0 Å². The largest absolute Gasteiger partial charge is 0.352 e. The van der Waals surface area contributed by atoms with Gasteiger partial charge >= 0.3 is 0 Å². The molecule has 0 aliphatic carbocycles. The Morgan fingerprint density at radius 3 is 2.89 bits per heavy atom. The molecule has 2 aromatic rings. The summed E-state index contributed by atoms with van der Waals surface area (Å²) >= 11 is 9.18. The van der Waals surface area contributed by atoms with Gasteiger partial charge in [-0.15, -0.1) is 0 Å². The van der Waals surface area contributed by atoms with Crippen LogP contribution in [0.15, 0.2) is 34.9 Å². The first kappa shape index (κ1) is 14.1. The Hall–Kier alpha value is -1.33. The smallest absolute Gasteiger partial charge is 0.251 e. The van der Waals surface area contributed by atoms with Crippen LogP contribution in [0.5, 0.6) is 0 Å². The van der Waals surface area contributed by atoms with E-state index in [1.54, 1.807) is 22.9 Å². The van der Waals surface area contributed by atoms with Crippen molar-refractivity contribution in [1.29, 1.82) is 0 Å². The molecule has 0 saturated heterocycles. The third-order valence-corrected chi connectivity index (χ3v) is 3.83. The SMILES string of the molecule is Cn1ccc(CCNC(=O)c2ccc(Cl)c(Br)c2)n1. The Morgan fingerprint density at radius 2 is 2.26 bits per heavy atom. The summed E-state index contributed by atoms with van der Waals surface area (Å²) in [4.78, 5) is 11.9. The maximum Gasteiger partial charge on any atom is 0.251 e. The van der Waals surface area contributed by atoms with Crippen LogP contribution in [0.1, 0.15) is 16.1 Å². The van der Waals surface area contributed by atoms with E-state index in [0.29, 0.717) is 28.0 Å². The maximum atomic E-state index is 11.9. The van der Waals surface area contributed by atoms with E-state index in [9.17, 15) is 4.79 Å². The van der Waals surface area contributed by atoms with E-state index >= 15 is 0 Å². The fourth-order valence-electron chi connectivity index (χ4n) is 1.64. The Morgan fingerprint density at radius 1 is 1.47 bits per heavy atom. The second-order valence-electron chi connectivity index (χ2n) is 4.12. The zero-order chi connectivity index (χ0) is 13.8. The van der Waals surface area contributed by atoms with Gasteiger partial charge in [0.25, 0.3) is 5.91 Å². The summed E-state index contributed by atoms with van der Waals surface area (Å²) in [5.74, 6) is -0.117. The highest BCUT2D eigenvalue weighted by Crippen LogP contribution is 2.23. The average Bonchev–Trinajstić information content (AvgIpc) is 2.78. The molecule has 0 bridgehead atoms. The normalized spacial score (nSPS) is 10.5. The van der Waals surface area contributed by atoms with Gasteiger partial charge in [-0.3, -0.25) is 9.48 Å². The maximum absolute atomic E-state index is 11.9. The van der Waals surface area contributed by atoms with E-state index in [-0.39, 0.29) is 5.91 Å². The molecule has 0 aliphatic heterocycles. The number of nitrogens with one attached hydrogen (secondary N) is 1. The lowest BCUT2D eigenvalue weighted by atomic mass is 10.2. The number of carbonyl (C=O) groups is 1. The Labute approximate surface area is 124 Å². The van der Waals surface area contributed by atoms with Crippen molar-refractivity contribution in [1.82, 2.24) is 15.1 Å². The number of nitrogens with zero attached hydrogens (tertiary/aromatic N) is 2. The third kappa shape index (κ3) is 3.81. The highest BCUT2D eigenvalue weighted by atomic mass is 79.9. The summed E-state index contributed by atoms with van der Waals surface area (Å²) in [6, 6.07) is 7.03. The molecule has 0 unspecified atom stereocenters. The minimum atomic E-state index is -0.117. The molecule has 2 rings (SSSR count). The van der Waals surface area contributed by atoms with Crippen molar-refractivity contribution in [3.05, 3.63) is 51.2 Å². The predicted octanol–water partition coefficient (Wildman–Crippen LogP) is 2.81. The van der Waals surface area contributed by atoms with Crippen LogP contribution >= 0.6 is 27.5 Å². The number of aromatic nitrogens is 2. The quantitative estimate of drug-likeness (QED) is 0.929. The minimum Gasteiger partial charge on any atom is -0.352 e. The summed E-state index contributed by atoms with van der Waals surface area (Å²) in [6.45, 7) is 0.552. The molecular weight excluding hydrogens is 330 g/mol. The van der Waals surface area contributed by atoms with Crippen LogP contribution in [0.2, 0.25) is 5.02 Å². The second kappa shape index (κ2) is 6.21. The van der Waals surface area contributed by atoms with Crippen LogP contribution in [-0.4, -0.2) is 22.2 Å². The van der Waals surface area contributed by atoms with Gasteiger partial charge in [0.15, 0.2) is 0 Å². The number of hydrogen-bond donors (Lipinski definition) is 1. The van der Waals surface area contributed by atoms with E-state index in [1.807, 2.05) is 19.3 Å². The molecule has 0 saturated carbocycles. The highest BCUT2D eigenvalue weighted by Gasteiger charge is 2.07. The van der Waals surface area contributed by atoms with Gasteiger partial charge in [0.2, 0.25) is 0 Å². The Bertz CT molecular complexity index is 597. The molecule has 100 valence electrons. The number of aryl methyl sites for hydroxylation is 1. The first-order valence-corrected chi connectivity index (χ1v) is 6.95. The molecule has 1 heterocycles. The van der Waals surface area contributed by atoms with Gasteiger partial charge in [0.1, 0.15) is 0 Å². The van der Waals surface area contributed by atoms with Crippen molar-refractivity contribution in [2.45, 2.75) is 6.42 Å². The molecule has 1 aromatic heterocycles. The minimum absolute atomic E-state index is 0.117. The lowest BCUT2D eigenvalue weighted by molar-refractivity contribution is 0.0954. The topological polar surface area (TPSA) is 46.9 Å². The second-order valence-corrected chi connectivity index (χ2v) is 5.38. The number of carbonyl (C=O) groups excluding carboxylic acids is 1. The van der Waals surface area contributed by atoms with Crippen LogP contribution in [0.4, 0.5) is 0 Å². The summed E-state index contributed by atoms with van der Waals surface area (Å²) in [6.07, 6.45) is 2.59. The lowest BCUT2D eigenvalue weighted by Gasteiger charge is -2.05. The van der Waals surface area contributed by atoms with Crippen LogP contribution in [0, 0.1) is 0 Å². The van der Waals surface area contributed by atoms with Gasteiger partial charge < -0.3 is 5.32 Å². The first-order chi connectivity index (χ1) is 9.06. The van der Waals surface area contributed by atoms with Crippen molar-refractivity contribution in [3.8, 4) is 0 Å². The van der Waals surface area contributed by atoms with Crippen LogP contribution in [-0.2, 0) is 13.5 Å². The number of amides is 1. The van der Waals surface area contributed by atoms with Gasteiger partial charge in [0.05, 0.1) is 10.7 Å². The van der Waals surface area contributed by atoms with Gasteiger partial charge in [-0.2, -0.15) is 5.10 Å². The molecular formula is C13H13BrClN3O. The fourth-order valence-corrected chi connectivity index (χ4v) is 2.14.